The van der Waals surface area contributed by atoms with E-state index >= 15 is 0 Å². The van der Waals surface area contributed by atoms with Gasteiger partial charge >= 0.3 is 0 Å². The van der Waals surface area contributed by atoms with Crippen LogP contribution >= 0.6 is 11.8 Å². The lowest BCUT2D eigenvalue weighted by molar-refractivity contribution is -0.121. The van der Waals surface area contributed by atoms with E-state index in [1.165, 1.54) is 18.6 Å². The van der Waals surface area contributed by atoms with Gasteiger partial charge in [0.15, 0.2) is 5.96 Å². The zero-order valence-electron chi connectivity index (χ0n) is 12.9. The number of thioether (sulfide) groups is 1. The molecule has 3 N–H and O–H groups in total. The van der Waals surface area contributed by atoms with Crippen LogP contribution in [-0.2, 0) is 4.79 Å². The first-order valence-corrected chi connectivity index (χ1v) is 8.56. The molecule has 0 aliphatic carbocycles. The molecule has 2 atom stereocenters. The Bertz CT molecular complexity index is 316. The van der Waals surface area contributed by atoms with E-state index in [0.29, 0.717) is 18.2 Å². The van der Waals surface area contributed by atoms with Crippen LogP contribution in [-0.4, -0.2) is 49.0 Å². The summed E-state index contributed by atoms with van der Waals surface area (Å²) in [5.41, 5.74) is 0. The van der Waals surface area contributed by atoms with Crippen LogP contribution in [0.25, 0.3) is 0 Å². The second kappa shape index (κ2) is 9.91. The van der Waals surface area contributed by atoms with Crippen LogP contribution < -0.4 is 16.0 Å². The zero-order chi connectivity index (χ0) is 14.8. The van der Waals surface area contributed by atoms with Crippen LogP contribution in [0.5, 0.6) is 0 Å². The van der Waals surface area contributed by atoms with Gasteiger partial charge in [0.25, 0.3) is 0 Å². The van der Waals surface area contributed by atoms with Crippen LogP contribution in [0.1, 0.15) is 39.5 Å². The van der Waals surface area contributed by atoms with Crippen molar-refractivity contribution >= 4 is 23.6 Å². The summed E-state index contributed by atoms with van der Waals surface area (Å²) >= 11 is 2.02. The zero-order valence-corrected chi connectivity index (χ0v) is 13.7. The third-order valence-corrected chi connectivity index (χ3v) is 4.81. The summed E-state index contributed by atoms with van der Waals surface area (Å²) < 4.78 is 0. The summed E-state index contributed by atoms with van der Waals surface area (Å²) in [6.45, 7) is 5.64. The molecule has 0 spiro atoms. The molecule has 0 radical (unpaired) electrons. The lowest BCUT2D eigenvalue weighted by atomic mass is 10.2. The predicted octanol–water partition coefficient (Wildman–Crippen LogP) is 1.35. The van der Waals surface area contributed by atoms with Gasteiger partial charge in [0.2, 0.25) is 5.91 Å². The SMILES string of the molecule is CCC(C)NC(=O)CCNC(=NC)NCC1CCCS1. The van der Waals surface area contributed by atoms with E-state index in [1.54, 1.807) is 7.05 Å². The van der Waals surface area contributed by atoms with E-state index in [4.69, 9.17) is 0 Å². The molecule has 6 heteroatoms. The largest absolute Gasteiger partial charge is 0.356 e. The second-order valence-corrected chi connectivity index (χ2v) is 6.55. The molecule has 0 aromatic rings. The molecule has 20 heavy (non-hydrogen) atoms. The Morgan fingerprint density at radius 3 is 2.85 bits per heavy atom. The van der Waals surface area contributed by atoms with Gasteiger partial charge in [-0.3, -0.25) is 9.79 Å². The average molecular weight is 300 g/mol. The summed E-state index contributed by atoms with van der Waals surface area (Å²) in [4.78, 5) is 15.8. The van der Waals surface area contributed by atoms with Crippen molar-refractivity contribution in [3.05, 3.63) is 0 Å². The molecule has 0 saturated carbocycles. The van der Waals surface area contributed by atoms with Crippen LogP contribution in [0.15, 0.2) is 4.99 Å². The van der Waals surface area contributed by atoms with Gasteiger partial charge in [-0.1, -0.05) is 6.92 Å². The molecule has 0 aromatic carbocycles. The maximum absolute atomic E-state index is 11.6. The van der Waals surface area contributed by atoms with Gasteiger partial charge in [0, 0.05) is 37.8 Å². The monoisotopic (exact) mass is 300 g/mol. The normalized spacial score (nSPS) is 20.6. The Kier molecular flexibility index (Phi) is 8.49. The fourth-order valence-corrected chi connectivity index (χ4v) is 3.18. The van der Waals surface area contributed by atoms with Gasteiger partial charge < -0.3 is 16.0 Å². The van der Waals surface area contributed by atoms with E-state index < -0.39 is 0 Å². The summed E-state index contributed by atoms with van der Waals surface area (Å²) in [6.07, 6.45) is 4.04. The third-order valence-electron chi connectivity index (χ3n) is 3.41. The molecule has 0 bridgehead atoms. The van der Waals surface area contributed by atoms with Gasteiger partial charge in [0.1, 0.15) is 0 Å². The molecule has 0 aromatic heterocycles. The van der Waals surface area contributed by atoms with E-state index in [0.717, 1.165) is 18.9 Å². The molecular weight excluding hydrogens is 272 g/mol. The Labute approximate surface area is 126 Å². The van der Waals surface area contributed by atoms with E-state index in [2.05, 4.69) is 27.9 Å². The molecule has 1 rings (SSSR count). The quantitative estimate of drug-likeness (QED) is 0.490. The number of carbonyl (C=O) groups is 1. The molecule has 1 aliphatic rings. The maximum atomic E-state index is 11.6. The average Bonchev–Trinajstić information content (AvgIpc) is 2.95. The molecule has 1 amide bonds. The predicted molar refractivity (Wildman–Crippen MR) is 87.4 cm³/mol. The van der Waals surface area contributed by atoms with Crippen molar-refractivity contribution in [3.63, 3.8) is 0 Å². The van der Waals surface area contributed by atoms with Gasteiger partial charge in [-0.2, -0.15) is 11.8 Å². The Morgan fingerprint density at radius 1 is 1.45 bits per heavy atom. The van der Waals surface area contributed by atoms with Crippen molar-refractivity contribution in [3.8, 4) is 0 Å². The van der Waals surface area contributed by atoms with Crippen molar-refractivity contribution in [2.75, 3.05) is 25.9 Å². The molecule has 5 nitrogen and oxygen atoms in total. The molecular formula is C14H28N4OS. The Balaban J connectivity index is 2.13. The Hall–Kier alpha value is -0.910. The number of amides is 1. The minimum atomic E-state index is 0.0913. The van der Waals surface area contributed by atoms with Gasteiger partial charge in [0.05, 0.1) is 0 Å². The molecule has 1 heterocycles. The third kappa shape index (κ3) is 7.03. The Morgan fingerprint density at radius 2 is 2.25 bits per heavy atom. The first kappa shape index (κ1) is 17.1. The minimum Gasteiger partial charge on any atom is -0.356 e. The van der Waals surface area contributed by atoms with Crippen LogP contribution in [0.4, 0.5) is 0 Å². The summed E-state index contributed by atoms with van der Waals surface area (Å²) in [5, 5.41) is 10.2. The summed E-state index contributed by atoms with van der Waals surface area (Å²) in [5.74, 6) is 2.15. The smallest absolute Gasteiger partial charge is 0.221 e. The molecule has 1 saturated heterocycles. The standard InChI is InChI=1S/C14H28N4OS/c1-4-11(2)18-13(19)7-8-16-14(15-3)17-10-12-6-5-9-20-12/h11-12H,4-10H2,1-3H3,(H,18,19)(H2,15,16,17). The first-order chi connectivity index (χ1) is 9.65. The van der Waals surface area contributed by atoms with Crippen LogP contribution in [0, 0.1) is 0 Å². The maximum Gasteiger partial charge on any atom is 0.221 e. The summed E-state index contributed by atoms with van der Waals surface area (Å²) in [7, 11) is 1.76. The number of hydrogen-bond acceptors (Lipinski definition) is 3. The fraction of sp³-hybridized carbons (Fsp3) is 0.857. The highest BCUT2D eigenvalue weighted by Gasteiger charge is 2.15. The molecule has 116 valence electrons. The molecule has 1 fully saturated rings. The van der Waals surface area contributed by atoms with Crippen molar-refractivity contribution in [2.45, 2.75) is 50.8 Å². The highest BCUT2D eigenvalue weighted by Crippen LogP contribution is 2.25. The highest BCUT2D eigenvalue weighted by molar-refractivity contribution is 8.00. The number of rotatable bonds is 7. The number of nitrogens with one attached hydrogen (secondary N) is 3. The first-order valence-electron chi connectivity index (χ1n) is 7.51. The van der Waals surface area contributed by atoms with Crippen molar-refractivity contribution in [2.24, 2.45) is 4.99 Å². The lowest BCUT2D eigenvalue weighted by Crippen LogP contribution is -2.42. The van der Waals surface area contributed by atoms with Crippen LogP contribution in [0.2, 0.25) is 0 Å². The number of nitrogens with zero attached hydrogens (tertiary/aromatic N) is 1. The van der Waals surface area contributed by atoms with Gasteiger partial charge in [-0.25, -0.2) is 0 Å². The molecule has 2 unspecified atom stereocenters. The number of guanidine groups is 1. The minimum absolute atomic E-state index is 0.0913. The van der Waals surface area contributed by atoms with E-state index in [9.17, 15) is 4.79 Å². The fourth-order valence-electron chi connectivity index (χ4n) is 1.98. The van der Waals surface area contributed by atoms with E-state index in [1.807, 2.05) is 18.7 Å². The van der Waals surface area contributed by atoms with Gasteiger partial charge in [-0.05, 0) is 31.9 Å². The molecule has 1 aliphatic heterocycles. The topological polar surface area (TPSA) is 65.5 Å². The van der Waals surface area contributed by atoms with Gasteiger partial charge in [-0.15, -0.1) is 0 Å². The van der Waals surface area contributed by atoms with Crippen molar-refractivity contribution < 1.29 is 4.79 Å². The number of aliphatic imine (C=N–C) groups is 1. The lowest BCUT2D eigenvalue weighted by Gasteiger charge is -2.15. The van der Waals surface area contributed by atoms with E-state index in [-0.39, 0.29) is 11.9 Å². The summed E-state index contributed by atoms with van der Waals surface area (Å²) in [6, 6.07) is 0.249. The number of carbonyl (C=O) groups excluding carboxylic acids is 1. The van der Waals surface area contributed by atoms with Crippen molar-refractivity contribution in [1.29, 1.82) is 0 Å². The second-order valence-electron chi connectivity index (χ2n) is 5.14. The van der Waals surface area contributed by atoms with Crippen LogP contribution in [0.3, 0.4) is 0 Å². The highest BCUT2D eigenvalue weighted by atomic mass is 32.2. The number of hydrogen-bond donors (Lipinski definition) is 3. The van der Waals surface area contributed by atoms with Crippen molar-refractivity contribution in [1.82, 2.24) is 16.0 Å².